The highest BCUT2D eigenvalue weighted by Gasteiger charge is 2.23. The maximum Gasteiger partial charge on any atom is 0.149 e. The Morgan fingerprint density at radius 2 is 1.60 bits per heavy atom. The number of pyridine rings is 1. The van der Waals surface area contributed by atoms with Crippen molar-refractivity contribution in [1.82, 2.24) is 4.98 Å². The molecule has 0 bridgehead atoms. The molecule has 0 saturated carbocycles. The number of halogens is 3. The molecule has 0 amide bonds. The normalized spacial score (nSPS) is 11.0. The predicted octanol–water partition coefficient (Wildman–Crippen LogP) is 6.18. The first-order valence-electron chi connectivity index (χ1n) is 8.90. The van der Waals surface area contributed by atoms with Crippen LogP contribution < -0.4 is 14.8 Å². The van der Waals surface area contributed by atoms with Crippen molar-refractivity contribution in [2.75, 3.05) is 19.5 Å². The van der Waals surface area contributed by atoms with Gasteiger partial charge in [0.1, 0.15) is 28.9 Å². The van der Waals surface area contributed by atoms with Crippen LogP contribution in [0.25, 0.3) is 22.5 Å². The highest BCUT2D eigenvalue weighted by molar-refractivity contribution is 6.34. The monoisotopic (exact) mass is 430 g/mol. The number of fused-ring (bicyclic) bond motifs is 1. The number of anilines is 2. The topological polar surface area (TPSA) is 66.5 Å². The van der Waals surface area contributed by atoms with E-state index in [2.05, 4.69) is 10.3 Å². The van der Waals surface area contributed by atoms with E-state index in [9.17, 15) is 13.9 Å². The van der Waals surface area contributed by atoms with E-state index in [-0.39, 0.29) is 22.0 Å². The van der Waals surface area contributed by atoms with Gasteiger partial charge in [0.15, 0.2) is 0 Å². The number of hydrogen-bond acceptors (Lipinski definition) is 4. The molecule has 2 aromatic carbocycles. The minimum Gasteiger partial charge on any atom is -0.505 e. The second-order valence-electron chi connectivity index (χ2n) is 6.51. The van der Waals surface area contributed by atoms with Gasteiger partial charge in [0.2, 0.25) is 0 Å². The van der Waals surface area contributed by atoms with E-state index in [0.717, 1.165) is 12.1 Å². The van der Waals surface area contributed by atoms with E-state index < -0.39 is 11.6 Å². The van der Waals surface area contributed by atoms with Crippen molar-refractivity contribution in [1.29, 1.82) is 0 Å². The summed E-state index contributed by atoms with van der Waals surface area (Å²) in [4.78, 5) is 2.94. The summed E-state index contributed by atoms with van der Waals surface area (Å²) >= 11 is 6.34. The number of methoxy groups -OCH3 is 2. The molecule has 1 aliphatic heterocycles. The first-order chi connectivity index (χ1) is 14.4. The summed E-state index contributed by atoms with van der Waals surface area (Å²) in [6.45, 7) is 0. The van der Waals surface area contributed by atoms with E-state index in [1.165, 1.54) is 19.2 Å². The largest absolute Gasteiger partial charge is 0.505 e. The number of ether oxygens (including phenoxy) is 2. The number of hydrogen-bond donors (Lipinski definition) is 3. The van der Waals surface area contributed by atoms with Crippen molar-refractivity contribution in [3.05, 3.63) is 65.2 Å². The maximum absolute atomic E-state index is 14.2. The van der Waals surface area contributed by atoms with Crippen LogP contribution in [-0.2, 0) is 0 Å². The quantitative estimate of drug-likeness (QED) is 0.353. The molecule has 0 saturated heterocycles. The zero-order valence-corrected chi connectivity index (χ0v) is 16.8. The van der Waals surface area contributed by atoms with Crippen LogP contribution in [0.15, 0.2) is 48.5 Å². The average molecular weight is 431 g/mol. The average Bonchev–Trinajstić information content (AvgIpc) is 3.04. The van der Waals surface area contributed by atoms with Crippen molar-refractivity contribution < 1.29 is 23.4 Å². The zero-order chi connectivity index (χ0) is 21.4. The van der Waals surface area contributed by atoms with Gasteiger partial charge in [-0.15, -0.1) is 0 Å². The number of rotatable bonds is 5. The Morgan fingerprint density at radius 1 is 0.900 bits per heavy atom. The Balaban J connectivity index is 1.80. The Morgan fingerprint density at radius 3 is 2.27 bits per heavy atom. The number of nitrogens with one attached hydrogen (secondary N) is 2. The number of aromatic hydroxyl groups is 1. The fourth-order valence-electron chi connectivity index (χ4n) is 3.30. The molecule has 5 nitrogen and oxygen atoms in total. The first-order valence-corrected chi connectivity index (χ1v) is 9.28. The van der Waals surface area contributed by atoms with Gasteiger partial charge in [-0.25, -0.2) is 8.78 Å². The molecule has 2 aromatic rings. The van der Waals surface area contributed by atoms with Crippen molar-refractivity contribution in [2.24, 2.45) is 0 Å². The third kappa shape index (κ3) is 3.37. The molecule has 30 heavy (non-hydrogen) atoms. The third-order valence-electron chi connectivity index (χ3n) is 4.74. The van der Waals surface area contributed by atoms with Crippen LogP contribution in [0.5, 0.6) is 17.2 Å². The number of H-pyrrole nitrogens is 1. The van der Waals surface area contributed by atoms with Crippen LogP contribution in [0.1, 0.15) is 0 Å². The number of aromatic amines is 1. The molecule has 0 atom stereocenters. The van der Waals surface area contributed by atoms with Crippen molar-refractivity contribution in [2.45, 2.75) is 0 Å². The molecule has 0 spiro atoms. The van der Waals surface area contributed by atoms with Crippen LogP contribution >= 0.6 is 11.6 Å². The van der Waals surface area contributed by atoms with Gasteiger partial charge in [-0.3, -0.25) is 0 Å². The first kappa shape index (κ1) is 19.8. The van der Waals surface area contributed by atoms with Gasteiger partial charge in [0.05, 0.1) is 53.1 Å². The number of aromatic nitrogens is 1. The minimum atomic E-state index is -0.723. The lowest BCUT2D eigenvalue weighted by molar-refractivity contribution is 0.395. The van der Waals surface area contributed by atoms with Gasteiger partial charge < -0.3 is 24.9 Å². The molecular formula is C22H17ClF2N2O3. The van der Waals surface area contributed by atoms with Crippen LogP contribution in [-0.4, -0.2) is 24.3 Å². The van der Waals surface area contributed by atoms with Crippen molar-refractivity contribution in [3.63, 3.8) is 0 Å². The van der Waals surface area contributed by atoms with Crippen LogP contribution in [0, 0.1) is 11.6 Å². The summed E-state index contributed by atoms with van der Waals surface area (Å²) in [7, 11) is 3.06. The Bertz CT molecular complexity index is 1190. The lowest BCUT2D eigenvalue weighted by Gasteiger charge is -2.12. The van der Waals surface area contributed by atoms with E-state index >= 15 is 0 Å². The van der Waals surface area contributed by atoms with Gasteiger partial charge in [0.25, 0.3) is 0 Å². The Hall–Kier alpha value is -3.45. The molecular weight excluding hydrogens is 414 g/mol. The van der Waals surface area contributed by atoms with Crippen LogP contribution in [0.4, 0.5) is 20.2 Å². The molecule has 0 radical (unpaired) electrons. The summed E-state index contributed by atoms with van der Waals surface area (Å²) < 4.78 is 38.9. The summed E-state index contributed by atoms with van der Waals surface area (Å²) in [5.41, 5.74) is 1.59. The highest BCUT2D eigenvalue weighted by Crippen LogP contribution is 2.47. The molecule has 8 heteroatoms. The fourth-order valence-corrected chi connectivity index (χ4v) is 3.60. The molecule has 0 fully saturated rings. The van der Waals surface area contributed by atoms with Gasteiger partial charge in [0, 0.05) is 6.07 Å². The summed E-state index contributed by atoms with van der Waals surface area (Å²) in [5.74, 6) is -0.437. The van der Waals surface area contributed by atoms with Crippen LogP contribution in [0.3, 0.4) is 0 Å². The van der Waals surface area contributed by atoms with Crippen LogP contribution in [0.2, 0.25) is 5.02 Å². The van der Waals surface area contributed by atoms with Crippen molar-refractivity contribution in [3.8, 4) is 39.8 Å². The zero-order valence-electron chi connectivity index (χ0n) is 16.0. The maximum atomic E-state index is 14.2. The lowest BCUT2D eigenvalue weighted by atomic mass is 10.1. The molecule has 4 rings (SSSR count). The molecule has 1 heterocycles. The van der Waals surface area contributed by atoms with E-state index in [1.54, 1.807) is 31.4 Å². The highest BCUT2D eigenvalue weighted by atomic mass is 35.5. The van der Waals surface area contributed by atoms with Crippen molar-refractivity contribution >= 4 is 23.0 Å². The predicted molar refractivity (Wildman–Crippen MR) is 112 cm³/mol. The van der Waals surface area contributed by atoms with E-state index in [0.29, 0.717) is 34.1 Å². The summed E-state index contributed by atoms with van der Waals surface area (Å²) in [5, 5.41) is 13.9. The summed E-state index contributed by atoms with van der Waals surface area (Å²) in [6.07, 6.45) is 0. The molecule has 154 valence electrons. The van der Waals surface area contributed by atoms with Gasteiger partial charge >= 0.3 is 0 Å². The SMILES string of the molecule is COc1ccc(Nc2cc3[nH]c(-c4c(F)cccc4F)cc(Cl)c-3c2O)c(OC)c1. The number of benzene rings is 2. The van der Waals surface area contributed by atoms with Gasteiger partial charge in [-0.05, 0) is 36.4 Å². The molecule has 2 aliphatic rings. The summed E-state index contributed by atoms with van der Waals surface area (Å²) in [6, 6.07) is 11.8. The minimum absolute atomic E-state index is 0.107. The second-order valence-corrected chi connectivity index (χ2v) is 6.92. The van der Waals surface area contributed by atoms with E-state index in [1.807, 2.05) is 0 Å². The Labute approximate surface area is 176 Å². The Kier molecular flexibility index (Phi) is 5.13. The molecule has 3 N–H and O–H groups in total. The molecule has 1 aliphatic carbocycles. The second kappa shape index (κ2) is 7.76. The molecule has 0 unspecified atom stereocenters. The standard InChI is InChI=1S/C22H17ClF2N2O3/c1-29-11-6-7-15(19(8-11)30-2)26-18-10-17-20(22(18)28)12(23)9-16(27-17)21-13(24)4-3-5-14(21)25/h3-10,26-28H,1-2H3. The van der Waals surface area contributed by atoms with E-state index in [4.69, 9.17) is 21.1 Å². The smallest absolute Gasteiger partial charge is 0.149 e. The van der Waals surface area contributed by atoms with Gasteiger partial charge in [-0.2, -0.15) is 0 Å². The van der Waals surface area contributed by atoms with Gasteiger partial charge in [-0.1, -0.05) is 17.7 Å². The fraction of sp³-hybridized carbons (Fsp3) is 0.0909. The molecule has 0 aromatic heterocycles. The third-order valence-corrected chi connectivity index (χ3v) is 5.04. The lowest BCUT2D eigenvalue weighted by Crippen LogP contribution is -1.94.